The number of methoxy groups -OCH3 is 2. The molecule has 0 unspecified atom stereocenters. The molecule has 28 heavy (non-hydrogen) atoms. The van der Waals surface area contributed by atoms with Gasteiger partial charge in [-0.05, 0) is 23.8 Å². The monoisotopic (exact) mass is 397 g/mol. The Morgan fingerprint density at radius 1 is 1.32 bits per heavy atom. The number of halogens is 2. The van der Waals surface area contributed by atoms with Crippen molar-refractivity contribution in [1.29, 1.82) is 0 Å². The van der Waals surface area contributed by atoms with Crippen LogP contribution in [0.25, 0.3) is 0 Å². The highest BCUT2D eigenvalue weighted by atomic mass is 19.3. The van der Waals surface area contributed by atoms with Gasteiger partial charge in [0.05, 0.1) is 33.5 Å². The van der Waals surface area contributed by atoms with Crippen molar-refractivity contribution < 1.29 is 32.9 Å². The van der Waals surface area contributed by atoms with E-state index in [0.29, 0.717) is 21.7 Å². The minimum absolute atomic E-state index is 0.107. The number of carbonyl (C=O) groups is 1. The first-order valence-electron chi connectivity index (χ1n) is 8.58. The van der Waals surface area contributed by atoms with Gasteiger partial charge in [0.1, 0.15) is 6.10 Å². The molecule has 152 valence electrons. The predicted molar refractivity (Wildman–Crippen MR) is 93.6 cm³/mol. The number of amides is 1. The summed E-state index contributed by atoms with van der Waals surface area (Å²) in [4.78, 5) is 14.4. The topological polar surface area (TPSA) is 86.0 Å². The zero-order valence-electron chi connectivity index (χ0n) is 15.4. The maximum atomic E-state index is 13.0. The van der Waals surface area contributed by atoms with Crippen LogP contribution >= 0.6 is 0 Å². The highest BCUT2D eigenvalue weighted by Gasteiger charge is 2.37. The van der Waals surface area contributed by atoms with Gasteiger partial charge in [0.25, 0.3) is 5.91 Å². The fraction of sp³-hybridized carbons (Fsp3) is 0.444. The maximum absolute atomic E-state index is 13.0. The van der Waals surface area contributed by atoms with Crippen LogP contribution in [0.4, 0.5) is 8.78 Å². The summed E-state index contributed by atoms with van der Waals surface area (Å²) in [6.45, 7) is -2.74. The van der Waals surface area contributed by atoms with Gasteiger partial charge in [0.15, 0.2) is 17.2 Å². The molecule has 0 bridgehead atoms. The van der Waals surface area contributed by atoms with Crippen molar-refractivity contribution in [2.75, 3.05) is 34.0 Å². The summed E-state index contributed by atoms with van der Waals surface area (Å²) in [5.41, 5.74) is 0.544. The third-order valence-electron chi connectivity index (χ3n) is 4.57. The quantitative estimate of drug-likeness (QED) is 0.801. The first kappa shape index (κ1) is 20.0. The van der Waals surface area contributed by atoms with Gasteiger partial charge in [-0.15, -0.1) is 0 Å². The number of nitrogens with zero attached hydrogens (tertiary/aromatic N) is 3. The summed E-state index contributed by atoms with van der Waals surface area (Å²) in [7, 11) is 3.00. The van der Waals surface area contributed by atoms with Crippen LogP contribution in [-0.4, -0.2) is 65.8 Å². The number of alkyl halides is 2. The maximum Gasteiger partial charge on any atom is 0.333 e. The van der Waals surface area contributed by atoms with Crippen molar-refractivity contribution in [3.63, 3.8) is 0 Å². The van der Waals surface area contributed by atoms with E-state index < -0.39 is 24.6 Å². The largest absolute Gasteiger partial charge is 0.493 e. The Labute approximate surface area is 160 Å². The Hall–Kier alpha value is -2.72. The molecule has 1 aliphatic rings. The van der Waals surface area contributed by atoms with Gasteiger partial charge in [0.2, 0.25) is 0 Å². The third kappa shape index (κ3) is 3.78. The van der Waals surface area contributed by atoms with Crippen LogP contribution in [0.3, 0.4) is 0 Å². The third-order valence-corrected chi connectivity index (χ3v) is 4.57. The van der Waals surface area contributed by atoms with Crippen LogP contribution in [0.1, 0.15) is 28.6 Å². The van der Waals surface area contributed by atoms with Crippen LogP contribution in [0.5, 0.6) is 11.5 Å². The minimum Gasteiger partial charge on any atom is -0.493 e. The van der Waals surface area contributed by atoms with E-state index in [9.17, 15) is 18.7 Å². The molecule has 0 spiro atoms. The summed E-state index contributed by atoms with van der Waals surface area (Å²) in [6, 6.07) is 5.71. The van der Waals surface area contributed by atoms with Crippen molar-refractivity contribution >= 4 is 5.91 Å². The molecule has 0 saturated carbocycles. The molecule has 8 nitrogen and oxygen atoms in total. The number of ether oxygens (including phenoxy) is 3. The average molecular weight is 397 g/mol. The zero-order chi connectivity index (χ0) is 20.3. The van der Waals surface area contributed by atoms with Crippen molar-refractivity contribution in [1.82, 2.24) is 14.7 Å². The van der Waals surface area contributed by atoms with Crippen molar-refractivity contribution in [3.05, 3.63) is 41.7 Å². The number of hydrogen-bond acceptors (Lipinski definition) is 6. The molecule has 2 atom stereocenters. The van der Waals surface area contributed by atoms with Crippen molar-refractivity contribution in [2.24, 2.45) is 0 Å². The molecular weight excluding hydrogens is 376 g/mol. The molecule has 10 heteroatoms. The Morgan fingerprint density at radius 3 is 2.68 bits per heavy atom. The number of aliphatic hydroxyl groups is 1. The Bertz CT molecular complexity index is 829. The summed E-state index contributed by atoms with van der Waals surface area (Å²) in [5, 5.41) is 13.4. The lowest BCUT2D eigenvalue weighted by atomic mass is 9.97. The van der Waals surface area contributed by atoms with Crippen LogP contribution in [0, 0.1) is 0 Å². The molecule has 1 N–H and O–H groups in total. The van der Waals surface area contributed by atoms with Gasteiger partial charge in [-0.25, -0.2) is 4.68 Å². The van der Waals surface area contributed by atoms with Gasteiger partial charge < -0.3 is 24.2 Å². The zero-order valence-corrected chi connectivity index (χ0v) is 15.4. The second kappa shape index (κ2) is 8.53. The summed E-state index contributed by atoms with van der Waals surface area (Å²) < 4.78 is 42.2. The molecule has 0 radical (unpaired) electrons. The Balaban J connectivity index is 1.97. The van der Waals surface area contributed by atoms with Crippen LogP contribution in [0.15, 0.2) is 30.5 Å². The summed E-state index contributed by atoms with van der Waals surface area (Å²) in [6.07, 6.45) is 0.362. The average Bonchev–Trinajstić information content (AvgIpc) is 3.22. The van der Waals surface area contributed by atoms with E-state index in [1.165, 1.54) is 25.2 Å². The Morgan fingerprint density at radius 2 is 2.07 bits per heavy atom. The fourth-order valence-electron chi connectivity index (χ4n) is 3.25. The lowest BCUT2D eigenvalue weighted by Gasteiger charge is -2.40. The van der Waals surface area contributed by atoms with Gasteiger partial charge in [0, 0.05) is 12.7 Å². The molecule has 2 heterocycles. The summed E-state index contributed by atoms with van der Waals surface area (Å²) >= 11 is 0. The van der Waals surface area contributed by atoms with E-state index in [1.807, 2.05) is 0 Å². The fourth-order valence-corrected chi connectivity index (χ4v) is 3.25. The molecule has 3 rings (SSSR count). The Kier molecular flexibility index (Phi) is 6.10. The molecular formula is C18H21F2N3O5. The number of aromatic nitrogens is 2. The van der Waals surface area contributed by atoms with Gasteiger partial charge in [-0.1, -0.05) is 6.07 Å². The van der Waals surface area contributed by atoms with E-state index in [4.69, 9.17) is 14.2 Å². The first-order chi connectivity index (χ1) is 13.5. The number of carbonyl (C=O) groups excluding carboxylic acids is 1. The molecule has 0 aliphatic carbocycles. The number of aliphatic hydroxyl groups excluding tert-OH is 1. The van der Waals surface area contributed by atoms with Gasteiger partial charge in [-0.3, -0.25) is 4.79 Å². The predicted octanol–water partition coefficient (Wildman–Crippen LogP) is 1.87. The second-order valence-corrected chi connectivity index (χ2v) is 6.11. The lowest BCUT2D eigenvalue weighted by molar-refractivity contribution is -0.0813. The van der Waals surface area contributed by atoms with E-state index in [1.54, 1.807) is 18.2 Å². The van der Waals surface area contributed by atoms with E-state index in [-0.39, 0.29) is 25.5 Å². The van der Waals surface area contributed by atoms with Crippen LogP contribution in [0.2, 0.25) is 0 Å². The SMILES string of the molecule is COc1ccc([C@H]2[C@H](CO)OCCN2C(=O)c2ccn(C(F)F)n2)cc1OC. The van der Waals surface area contributed by atoms with Gasteiger partial charge in [-0.2, -0.15) is 13.9 Å². The molecule has 1 aromatic carbocycles. The van der Waals surface area contributed by atoms with Crippen molar-refractivity contribution in [3.8, 4) is 11.5 Å². The van der Waals surface area contributed by atoms with Crippen LogP contribution < -0.4 is 9.47 Å². The first-order valence-corrected chi connectivity index (χ1v) is 8.58. The minimum atomic E-state index is -2.84. The highest BCUT2D eigenvalue weighted by molar-refractivity contribution is 5.92. The molecule has 2 aromatic rings. The standard InChI is InChI=1S/C18H21F2N3O5/c1-26-13-4-3-11(9-14(13)27-2)16-15(10-24)28-8-7-22(16)17(25)12-5-6-23(21-12)18(19)20/h3-6,9,15-16,18,24H,7-8,10H2,1-2H3/t15-,16-/m0/s1. The molecule has 1 fully saturated rings. The molecule has 1 aromatic heterocycles. The van der Waals surface area contributed by atoms with Crippen molar-refractivity contribution in [2.45, 2.75) is 18.7 Å². The highest BCUT2D eigenvalue weighted by Crippen LogP contribution is 2.36. The number of morpholine rings is 1. The second-order valence-electron chi connectivity index (χ2n) is 6.11. The van der Waals surface area contributed by atoms with E-state index in [0.717, 1.165) is 6.20 Å². The van der Waals surface area contributed by atoms with E-state index in [2.05, 4.69) is 5.10 Å². The number of hydrogen-bond donors (Lipinski definition) is 1. The normalized spacial score (nSPS) is 19.7. The molecule has 1 aliphatic heterocycles. The molecule has 1 amide bonds. The van der Waals surface area contributed by atoms with Crippen LogP contribution in [-0.2, 0) is 4.74 Å². The molecule has 1 saturated heterocycles. The van der Waals surface area contributed by atoms with Gasteiger partial charge >= 0.3 is 6.55 Å². The number of rotatable bonds is 6. The smallest absolute Gasteiger partial charge is 0.333 e. The lowest BCUT2D eigenvalue weighted by Crippen LogP contribution is -2.49. The summed E-state index contributed by atoms with van der Waals surface area (Å²) in [5.74, 6) is 0.439. The van der Waals surface area contributed by atoms with E-state index >= 15 is 0 Å². The number of benzene rings is 1.